The highest BCUT2D eigenvalue weighted by Crippen LogP contribution is 2.26. The largest absolute Gasteiger partial charge is 0.457 e. The molecule has 8 heteroatoms. The molecule has 2 aromatic rings. The molecule has 1 unspecified atom stereocenters. The molecule has 2 saturated heterocycles. The van der Waals surface area contributed by atoms with Gasteiger partial charge in [-0.25, -0.2) is 9.18 Å². The van der Waals surface area contributed by atoms with E-state index in [1.165, 1.54) is 18.2 Å². The molecule has 7 nitrogen and oxygen atoms in total. The fraction of sp³-hybridized carbons (Fsp3) is 0.333. The lowest BCUT2D eigenvalue weighted by atomic mass is 10.1. The zero-order chi connectivity index (χ0) is 20.4. The number of nitrogens with zero attached hydrogens (tertiary/aromatic N) is 2. The summed E-state index contributed by atoms with van der Waals surface area (Å²) < 4.78 is 25.2. The number of rotatable bonds is 5. The molecule has 0 bridgehead atoms. The van der Waals surface area contributed by atoms with Crippen LogP contribution in [-0.4, -0.2) is 60.6 Å². The van der Waals surface area contributed by atoms with Crippen LogP contribution in [0.3, 0.4) is 0 Å². The van der Waals surface area contributed by atoms with E-state index in [0.29, 0.717) is 37.7 Å². The van der Waals surface area contributed by atoms with Gasteiger partial charge in [0, 0.05) is 19.6 Å². The summed E-state index contributed by atoms with van der Waals surface area (Å²) in [7, 11) is 0. The Kier molecular flexibility index (Phi) is 5.35. The minimum Gasteiger partial charge on any atom is -0.457 e. The maximum absolute atomic E-state index is 14.4. The van der Waals surface area contributed by atoms with E-state index < -0.39 is 11.7 Å². The van der Waals surface area contributed by atoms with Gasteiger partial charge >= 0.3 is 6.09 Å². The van der Waals surface area contributed by atoms with Crippen molar-refractivity contribution < 1.29 is 23.5 Å². The van der Waals surface area contributed by atoms with Crippen molar-refractivity contribution in [2.24, 2.45) is 5.73 Å². The molecule has 2 N–H and O–H groups in total. The number of cyclic esters (lactones) is 1. The number of amides is 2. The van der Waals surface area contributed by atoms with Gasteiger partial charge in [0.05, 0.1) is 11.6 Å². The lowest BCUT2D eigenvalue weighted by molar-refractivity contribution is 0.0612. The SMILES string of the molecule is NCCc1ccc(Oc2ccc(F)c(C(=O)N3CCN4C(=O)OCC4C3)c2)cc1. The van der Waals surface area contributed by atoms with E-state index in [1.54, 1.807) is 9.80 Å². The van der Waals surface area contributed by atoms with Gasteiger partial charge in [-0.1, -0.05) is 12.1 Å². The molecule has 2 aliphatic heterocycles. The van der Waals surface area contributed by atoms with Crippen molar-refractivity contribution in [3.8, 4) is 11.5 Å². The predicted molar refractivity (Wildman–Crippen MR) is 103 cm³/mol. The summed E-state index contributed by atoms with van der Waals surface area (Å²) in [5, 5.41) is 0. The average Bonchev–Trinajstić information content (AvgIpc) is 3.11. The molecule has 0 spiro atoms. The number of ether oxygens (including phenoxy) is 2. The van der Waals surface area contributed by atoms with Crippen molar-refractivity contribution in [3.05, 3.63) is 59.4 Å². The average molecular weight is 399 g/mol. The molecule has 2 fully saturated rings. The van der Waals surface area contributed by atoms with Crippen LogP contribution in [0.2, 0.25) is 0 Å². The Hall–Kier alpha value is -3.13. The highest BCUT2D eigenvalue weighted by Gasteiger charge is 2.39. The summed E-state index contributed by atoms with van der Waals surface area (Å²) in [6, 6.07) is 11.4. The first-order valence-electron chi connectivity index (χ1n) is 9.54. The van der Waals surface area contributed by atoms with E-state index in [2.05, 4.69) is 0 Å². The summed E-state index contributed by atoms with van der Waals surface area (Å²) in [5.41, 5.74) is 6.59. The zero-order valence-electron chi connectivity index (χ0n) is 15.8. The fourth-order valence-electron chi connectivity index (χ4n) is 3.60. The first kappa shape index (κ1) is 19.2. The molecule has 0 aromatic heterocycles. The van der Waals surface area contributed by atoms with Crippen molar-refractivity contribution in [1.82, 2.24) is 9.80 Å². The monoisotopic (exact) mass is 399 g/mol. The highest BCUT2D eigenvalue weighted by molar-refractivity contribution is 5.95. The number of hydrogen-bond donors (Lipinski definition) is 1. The van der Waals surface area contributed by atoms with Crippen molar-refractivity contribution in [3.63, 3.8) is 0 Å². The number of piperazine rings is 1. The Bertz CT molecular complexity index is 919. The lowest BCUT2D eigenvalue weighted by Crippen LogP contribution is -2.53. The minimum atomic E-state index is -0.609. The molecule has 0 aliphatic carbocycles. The molecule has 2 aliphatic rings. The third-order valence-electron chi connectivity index (χ3n) is 5.16. The lowest BCUT2D eigenvalue weighted by Gasteiger charge is -2.35. The van der Waals surface area contributed by atoms with E-state index in [0.717, 1.165) is 12.0 Å². The standard InChI is InChI=1S/C21H22FN3O4/c22-19-6-5-17(29-16-3-1-14(2-4-16)7-8-23)11-18(19)20(26)24-9-10-25-15(12-24)13-28-21(25)27/h1-6,11,15H,7-10,12-13,23H2. The minimum absolute atomic E-state index is 0.0547. The van der Waals surface area contributed by atoms with Crippen LogP contribution < -0.4 is 10.5 Å². The van der Waals surface area contributed by atoms with Crippen LogP contribution >= 0.6 is 0 Å². The van der Waals surface area contributed by atoms with Crippen molar-refractivity contribution >= 4 is 12.0 Å². The quantitative estimate of drug-likeness (QED) is 0.835. The third-order valence-corrected chi connectivity index (χ3v) is 5.16. The Morgan fingerprint density at radius 2 is 1.93 bits per heavy atom. The Morgan fingerprint density at radius 1 is 1.17 bits per heavy atom. The molecule has 29 heavy (non-hydrogen) atoms. The van der Waals surface area contributed by atoms with Gasteiger partial charge in [0.1, 0.15) is 23.9 Å². The van der Waals surface area contributed by atoms with E-state index in [1.807, 2.05) is 24.3 Å². The Balaban J connectivity index is 1.48. The van der Waals surface area contributed by atoms with Crippen LogP contribution in [0, 0.1) is 5.82 Å². The number of hydrogen-bond acceptors (Lipinski definition) is 5. The molecule has 2 amide bonds. The molecule has 2 aromatic carbocycles. The second kappa shape index (κ2) is 8.08. The van der Waals surface area contributed by atoms with Crippen LogP contribution in [-0.2, 0) is 11.2 Å². The summed E-state index contributed by atoms with van der Waals surface area (Å²) in [6.45, 7) is 1.84. The molecule has 4 rings (SSSR count). The third kappa shape index (κ3) is 4.02. The molecule has 0 saturated carbocycles. The van der Waals surface area contributed by atoms with E-state index >= 15 is 0 Å². The Morgan fingerprint density at radius 3 is 2.69 bits per heavy atom. The van der Waals surface area contributed by atoms with Crippen LogP contribution in [0.1, 0.15) is 15.9 Å². The van der Waals surface area contributed by atoms with Gasteiger partial charge < -0.3 is 20.1 Å². The number of carbonyl (C=O) groups excluding carboxylic acids is 2. The first-order valence-corrected chi connectivity index (χ1v) is 9.54. The van der Waals surface area contributed by atoms with Gasteiger partial charge in [0.15, 0.2) is 0 Å². The van der Waals surface area contributed by atoms with Crippen LogP contribution in [0.15, 0.2) is 42.5 Å². The maximum Gasteiger partial charge on any atom is 0.410 e. The number of nitrogens with two attached hydrogens (primary N) is 1. The fourth-order valence-corrected chi connectivity index (χ4v) is 3.60. The van der Waals surface area contributed by atoms with E-state index in [4.69, 9.17) is 15.2 Å². The van der Waals surface area contributed by atoms with Gasteiger partial charge in [0.25, 0.3) is 5.91 Å². The second-order valence-electron chi connectivity index (χ2n) is 7.10. The van der Waals surface area contributed by atoms with Gasteiger partial charge in [-0.3, -0.25) is 9.69 Å². The maximum atomic E-state index is 14.4. The Labute approximate surface area is 167 Å². The van der Waals surface area contributed by atoms with Crippen molar-refractivity contribution in [1.29, 1.82) is 0 Å². The molecule has 0 radical (unpaired) electrons. The molecule has 152 valence electrons. The van der Waals surface area contributed by atoms with Crippen LogP contribution in [0.25, 0.3) is 0 Å². The van der Waals surface area contributed by atoms with Gasteiger partial charge in [-0.15, -0.1) is 0 Å². The second-order valence-corrected chi connectivity index (χ2v) is 7.10. The zero-order valence-corrected chi connectivity index (χ0v) is 15.8. The normalized spacial score (nSPS) is 18.4. The van der Waals surface area contributed by atoms with E-state index in [-0.39, 0.29) is 24.3 Å². The van der Waals surface area contributed by atoms with Gasteiger partial charge in [-0.05, 0) is 48.9 Å². The van der Waals surface area contributed by atoms with Crippen LogP contribution in [0.5, 0.6) is 11.5 Å². The number of carbonyl (C=O) groups is 2. The summed E-state index contributed by atoms with van der Waals surface area (Å²) in [6.07, 6.45) is 0.418. The topological polar surface area (TPSA) is 85.1 Å². The van der Waals surface area contributed by atoms with E-state index in [9.17, 15) is 14.0 Å². The molecule has 1 atom stereocenters. The number of fused-ring (bicyclic) bond motifs is 1. The smallest absolute Gasteiger partial charge is 0.410 e. The van der Waals surface area contributed by atoms with Gasteiger partial charge in [-0.2, -0.15) is 0 Å². The summed E-state index contributed by atoms with van der Waals surface area (Å²) >= 11 is 0. The summed E-state index contributed by atoms with van der Waals surface area (Å²) in [4.78, 5) is 27.6. The van der Waals surface area contributed by atoms with Crippen molar-refractivity contribution in [2.45, 2.75) is 12.5 Å². The van der Waals surface area contributed by atoms with Crippen molar-refractivity contribution in [2.75, 3.05) is 32.8 Å². The molecular formula is C21H22FN3O4. The number of halogens is 1. The molecular weight excluding hydrogens is 377 g/mol. The number of benzene rings is 2. The van der Waals surface area contributed by atoms with Crippen LogP contribution in [0.4, 0.5) is 9.18 Å². The molecule has 2 heterocycles. The predicted octanol–water partition coefficient (Wildman–Crippen LogP) is 2.40. The summed E-state index contributed by atoms with van der Waals surface area (Å²) in [5.74, 6) is -0.0718. The van der Waals surface area contributed by atoms with Gasteiger partial charge in [0.2, 0.25) is 0 Å². The highest BCUT2D eigenvalue weighted by atomic mass is 19.1. The first-order chi connectivity index (χ1) is 14.0.